The van der Waals surface area contributed by atoms with E-state index in [4.69, 9.17) is 14.5 Å². The van der Waals surface area contributed by atoms with Crippen molar-refractivity contribution in [1.29, 1.82) is 0 Å². The van der Waals surface area contributed by atoms with Gasteiger partial charge in [-0.25, -0.2) is 14.6 Å². The van der Waals surface area contributed by atoms with Gasteiger partial charge in [0.2, 0.25) is 0 Å². The summed E-state index contributed by atoms with van der Waals surface area (Å²) in [6.07, 6.45) is 0.390. The van der Waals surface area contributed by atoms with Crippen LogP contribution >= 0.6 is 15.6 Å². The molecule has 1 heterocycles. The molecule has 1 aliphatic heterocycles. The predicted molar refractivity (Wildman–Crippen MR) is 49.8 cm³/mol. The summed E-state index contributed by atoms with van der Waals surface area (Å²) in [5, 5.41) is 0. The maximum absolute atomic E-state index is 11.0. The van der Waals surface area contributed by atoms with Gasteiger partial charge in [0.15, 0.2) is 0 Å². The molecular weight excluding hydrogens is 248 g/mol. The SMILES string of the molecule is CC1(CCOP(=O)(O)OP(N)(=O)O)CO1. The number of nitrogens with two attached hydrogens (primary N) is 1. The fourth-order valence-corrected chi connectivity index (χ4v) is 2.51. The van der Waals surface area contributed by atoms with Crippen LogP contribution < -0.4 is 5.50 Å². The molecule has 3 unspecified atom stereocenters. The maximum atomic E-state index is 11.0. The standard InChI is InChI=1S/C5H13NO7P2/c1-5(4-11-5)2-3-12-15(9,10)13-14(6,7)8/h2-4H2,1H3,(H,9,10)(H3,6,7,8). The molecule has 1 aliphatic rings. The Bertz CT molecular complexity index is 321. The lowest BCUT2D eigenvalue weighted by Gasteiger charge is -2.13. The van der Waals surface area contributed by atoms with Crippen LogP contribution in [0.15, 0.2) is 0 Å². The van der Waals surface area contributed by atoms with Gasteiger partial charge in [0.1, 0.15) is 0 Å². The largest absolute Gasteiger partial charge is 0.480 e. The van der Waals surface area contributed by atoms with E-state index in [9.17, 15) is 9.13 Å². The third-order valence-corrected chi connectivity index (χ3v) is 4.01. The van der Waals surface area contributed by atoms with E-state index in [0.717, 1.165) is 0 Å². The molecule has 0 bridgehead atoms. The average Bonchev–Trinajstić information content (AvgIpc) is 2.61. The van der Waals surface area contributed by atoms with Crippen LogP contribution in [0.5, 0.6) is 0 Å². The summed E-state index contributed by atoms with van der Waals surface area (Å²) in [6, 6.07) is 0. The molecule has 0 aliphatic carbocycles. The van der Waals surface area contributed by atoms with Gasteiger partial charge in [-0.05, 0) is 6.92 Å². The van der Waals surface area contributed by atoms with E-state index in [2.05, 4.69) is 14.3 Å². The van der Waals surface area contributed by atoms with E-state index in [0.29, 0.717) is 13.0 Å². The van der Waals surface area contributed by atoms with Crippen molar-refractivity contribution in [2.24, 2.45) is 5.50 Å². The molecule has 0 saturated carbocycles. The third kappa shape index (κ3) is 5.75. The Kier molecular flexibility index (Phi) is 3.75. The Morgan fingerprint density at radius 3 is 2.47 bits per heavy atom. The number of hydrogen-bond acceptors (Lipinski definition) is 5. The molecule has 3 atom stereocenters. The molecule has 1 saturated heterocycles. The van der Waals surface area contributed by atoms with Gasteiger partial charge in [0, 0.05) is 6.42 Å². The number of phosphoric ester groups is 1. The summed E-state index contributed by atoms with van der Waals surface area (Å²) in [6.45, 7) is 2.24. The van der Waals surface area contributed by atoms with Crippen LogP contribution in [0.3, 0.4) is 0 Å². The minimum Gasteiger partial charge on any atom is -0.370 e. The van der Waals surface area contributed by atoms with Crippen LogP contribution in [0.1, 0.15) is 13.3 Å². The van der Waals surface area contributed by atoms with E-state index in [1.807, 2.05) is 0 Å². The normalized spacial score (nSPS) is 33.1. The van der Waals surface area contributed by atoms with Crippen molar-refractivity contribution in [3.63, 3.8) is 0 Å². The highest BCUT2D eigenvalue weighted by Crippen LogP contribution is 2.56. The molecule has 4 N–H and O–H groups in total. The van der Waals surface area contributed by atoms with Crippen LogP contribution in [0.4, 0.5) is 0 Å². The first-order chi connectivity index (χ1) is 6.62. The van der Waals surface area contributed by atoms with Gasteiger partial charge in [-0.2, -0.15) is 4.31 Å². The molecule has 0 aromatic carbocycles. The van der Waals surface area contributed by atoms with Crippen molar-refractivity contribution in [3.8, 4) is 0 Å². The Hall–Kier alpha value is 0.220. The summed E-state index contributed by atoms with van der Waals surface area (Å²) in [5.41, 5.74) is 4.22. The Morgan fingerprint density at radius 1 is 1.53 bits per heavy atom. The van der Waals surface area contributed by atoms with E-state index in [-0.39, 0.29) is 12.2 Å². The molecule has 1 fully saturated rings. The predicted octanol–water partition coefficient (Wildman–Crippen LogP) is 0.358. The highest BCUT2D eigenvalue weighted by Gasteiger charge is 2.40. The lowest BCUT2D eigenvalue weighted by molar-refractivity contribution is 0.175. The maximum Gasteiger partial charge on any atom is 0.480 e. The average molecular weight is 261 g/mol. The third-order valence-electron chi connectivity index (χ3n) is 1.74. The summed E-state index contributed by atoms with van der Waals surface area (Å²) < 4.78 is 34.7. The molecule has 10 heteroatoms. The van der Waals surface area contributed by atoms with Crippen LogP contribution in [-0.2, 0) is 22.7 Å². The van der Waals surface area contributed by atoms with Gasteiger partial charge in [0.25, 0.3) is 0 Å². The lowest BCUT2D eigenvalue weighted by Crippen LogP contribution is -2.09. The van der Waals surface area contributed by atoms with Gasteiger partial charge in [-0.1, -0.05) is 0 Å². The smallest absolute Gasteiger partial charge is 0.370 e. The molecule has 0 aromatic rings. The van der Waals surface area contributed by atoms with Crippen molar-refractivity contribution < 1.29 is 32.5 Å². The number of hydrogen-bond donors (Lipinski definition) is 3. The lowest BCUT2D eigenvalue weighted by atomic mass is 10.1. The van der Waals surface area contributed by atoms with E-state index in [1.54, 1.807) is 6.92 Å². The zero-order valence-corrected chi connectivity index (χ0v) is 9.82. The highest BCUT2D eigenvalue weighted by molar-refractivity contribution is 7.62. The first kappa shape index (κ1) is 13.3. The van der Waals surface area contributed by atoms with Crippen molar-refractivity contribution in [1.82, 2.24) is 0 Å². The van der Waals surface area contributed by atoms with Gasteiger partial charge < -0.3 is 14.5 Å². The second-order valence-corrected chi connectivity index (χ2v) is 6.41. The second kappa shape index (κ2) is 4.24. The highest BCUT2D eigenvalue weighted by atomic mass is 31.3. The van der Waals surface area contributed by atoms with Gasteiger partial charge in [0.05, 0.1) is 18.8 Å². The first-order valence-corrected chi connectivity index (χ1v) is 7.20. The molecule has 1 rings (SSSR count). The monoisotopic (exact) mass is 261 g/mol. The summed E-state index contributed by atoms with van der Waals surface area (Å²) in [4.78, 5) is 17.4. The summed E-state index contributed by atoms with van der Waals surface area (Å²) in [7, 11) is -9.09. The number of phosphoric acid groups is 1. The van der Waals surface area contributed by atoms with Gasteiger partial charge >= 0.3 is 15.6 Å². The first-order valence-electron chi connectivity index (χ1n) is 4.06. The minimum absolute atomic E-state index is 0.121. The molecule has 15 heavy (non-hydrogen) atoms. The number of rotatable bonds is 6. The molecule has 8 nitrogen and oxygen atoms in total. The Labute approximate surface area is 86.5 Å². The van der Waals surface area contributed by atoms with Crippen molar-refractivity contribution >= 4 is 15.6 Å². The molecule has 0 spiro atoms. The van der Waals surface area contributed by atoms with Crippen LogP contribution in [0, 0.1) is 0 Å². The zero-order chi connectivity index (χ0) is 11.7. The molecule has 0 radical (unpaired) electrons. The Morgan fingerprint density at radius 2 is 2.07 bits per heavy atom. The molecule has 0 amide bonds. The van der Waals surface area contributed by atoms with Crippen LogP contribution in [0.25, 0.3) is 0 Å². The van der Waals surface area contributed by atoms with E-state index in [1.165, 1.54) is 0 Å². The van der Waals surface area contributed by atoms with E-state index >= 15 is 0 Å². The van der Waals surface area contributed by atoms with Crippen LogP contribution in [0.2, 0.25) is 0 Å². The second-order valence-electron chi connectivity index (χ2n) is 3.44. The van der Waals surface area contributed by atoms with E-state index < -0.39 is 15.6 Å². The Balaban J connectivity index is 2.30. The molecular formula is C5H13NO7P2. The number of epoxide rings is 1. The van der Waals surface area contributed by atoms with Crippen molar-refractivity contribution in [3.05, 3.63) is 0 Å². The quantitative estimate of drug-likeness (QED) is 0.461. The topological polar surface area (TPSA) is 132 Å². The van der Waals surface area contributed by atoms with Crippen LogP contribution in [-0.4, -0.2) is 28.6 Å². The fourth-order valence-electron chi connectivity index (χ4n) is 0.816. The molecule has 0 aromatic heterocycles. The van der Waals surface area contributed by atoms with Gasteiger partial charge in [-0.3, -0.25) is 4.52 Å². The molecule has 90 valence electrons. The van der Waals surface area contributed by atoms with Gasteiger partial charge in [-0.15, -0.1) is 0 Å². The van der Waals surface area contributed by atoms with Crippen molar-refractivity contribution in [2.45, 2.75) is 18.9 Å². The minimum atomic E-state index is -4.57. The van der Waals surface area contributed by atoms with Crippen molar-refractivity contribution in [2.75, 3.05) is 13.2 Å². The summed E-state index contributed by atoms with van der Waals surface area (Å²) >= 11 is 0. The zero-order valence-electron chi connectivity index (χ0n) is 8.03. The number of ether oxygens (including phenoxy) is 1. The fraction of sp³-hybridized carbons (Fsp3) is 1.00. The summed E-state index contributed by atoms with van der Waals surface area (Å²) in [5.74, 6) is 0.